The van der Waals surface area contributed by atoms with Crippen LogP contribution in [0.4, 0.5) is 16.3 Å². The van der Waals surface area contributed by atoms with Crippen LogP contribution in [0.3, 0.4) is 0 Å². The molecular formula is C21H25N5O2. The van der Waals surface area contributed by atoms with Gasteiger partial charge in [-0.15, -0.1) is 0 Å². The number of ether oxygens (including phenoxy) is 1. The molecule has 0 aliphatic carbocycles. The fourth-order valence-corrected chi connectivity index (χ4v) is 4.47. The normalized spacial score (nSPS) is 23.7. The van der Waals surface area contributed by atoms with E-state index in [1.165, 1.54) is 0 Å². The van der Waals surface area contributed by atoms with Crippen molar-refractivity contribution >= 4 is 17.5 Å². The van der Waals surface area contributed by atoms with Crippen LogP contribution in [-0.4, -0.2) is 65.8 Å². The van der Waals surface area contributed by atoms with E-state index in [9.17, 15) is 4.79 Å². The van der Waals surface area contributed by atoms with Crippen molar-refractivity contribution < 1.29 is 9.53 Å². The molecule has 2 atom stereocenters. The fourth-order valence-electron chi connectivity index (χ4n) is 4.47. The minimum atomic E-state index is 0.0542. The van der Waals surface area contributed by atoms with Crippen LogP contribution in [0.15, 0.2) is 30.5 Å². The second-order valence-electron chi connectivity index (χ2n) is 7.89. The fraction of sp³-hybridized carbons (Fsp3) is 0.476. The summed E-state index contributed by atoms with van der Waals surface area (Å²) >= 11 is 0. The third-order valence-electron chi connectivity index (χ3n) is 5.86. The molecule has 0 saturated carbocycles. The number of rotatable bonds is 1. The molecule has 2 aromatic heterocycles. The van der Waals surface area contributed by atoms with E-state index in [-0.39, 0.29) is 18.2 Å². The summed E-state index contributed by atoms with van der Waals surface area (Å²) < 4.78 is 5.62. The summed E-state index contributed by atoms with van der Waals surface area (Å²) in [4.78, 5) is 28.9. The molecule has 0 radical (unpaired) electrons. The SMILES string of the molecule is Cc1cc(-c2ccc3c(n2)N(C(=O)N2CCO[C@@H](C)C2)C2CCN3C2)ccn1. The van der Waals surface area contributed by atoms with Crippen molar-refractivity contribution in [2.75, 3.05) is 42.6 Å². The molecule has 5 rings (SSSR count). The van der Waals surface area contributed by atoms with Crippen molar-refractivity contribution in [3.05, 3.63) is 36.2 Å². The van der Waals surface area contributed by atoms with Gasteiger partial charge in [-0.3, -0.25) is 9.88 Å². The van der Waals surface area contributed by atoms with Crippen LogP contribution in [0, 0.1) is 6.92 Å². The van der Waals surface area contributed by atoms with Crippen molar-refractivity contribution in [1.82, 2.24) is 14.9 Å². The van der Waals surface area contributed by atoms with Gasteiger partial charge < -0.3 is 14.5 Å². The van der Waals surface area contributed by atoms with Gasteiger partial charge in [0, 0.05) is 43.6 Å². The van der Waals surface area contributed by atoms with Crippen LogP contribution in [0.25, 0.3) is 11.3 Å². The molecule has 28 heavy (non-hydrogen) atoms. The minimum absolute atomic E-state index is 0.0542. The average molecular weight is 379 g/mol. The summed E-state index contributed by atoms with van der Waals surface area (Å²) in [7, 11) is 0. The molecule has 0 spiro atoms. The number of carbonyl (C=O) groups is 1. The molecule has 0 aromatic carbocycles. The third kappa shape index (κ3) is 2.90. The summed E-state index contributed by atoms with van der Waals surface area (Å²) in [6.45, 7) is 7.70. The van der Waals surface area contributed by atoms with Crippen molar-refractivity contribution in [2.24, 2.45) is 0 Å². The maximum absolute atomic E-state index is 13.5. The van der Waals surface area contributed by atoms with Gasteiger partial charge in [0.05, 0.1) is 30.1 Å². The Labute approximate surface area is 164 Å². The first-order chi connectivity index (χ1) is 13.6. The quantitative estimate of drug-likeness (QED) is 0.762. The Kier molecular flexibility index (Phi) is 4.19. The molecular weight excluding hydrogens is 354 g/mol. The maximum Gasteiger partial charge on any atom is 0.326 e. The van der Waals surface area contributed by atoms with Gasteiger partial charge in [0.15, 0.2) is 5.82 Å². The Morgan fingerprint density at radius 1 is 1.21 bits per heavy atom. The summed E-state index contributed by atoms with van der Waals surface area (Å²) in [6.07, 6.45) is 2.85. The summed E-state index contributed by atoms with van der Waals surface area (Å²) in [5, 5.41) is 0. The van der Waals surface area contributed by atoms with E-state index in [2.05, 4.69) is 16.0 Å². The number of aromatic nitrogens is 2. The molecule has 146 valence electrons. The third-order valence-corrected chi connectivity index (χ3v) is 5.86. The van der Waals surface area contributed by atoms with Crippen LogP contribution in [0.2, 0.25) is 0 Å². The van der Waals surface area contributed by atoms with E-state index in [1.807, 2.05) is 41.8 Å². The zero-order valence-electron chi connectivity index (χ0n) is 16.3. The molecule has 1 unspecified atom stereocenters. The summed E-state index contributed by atoms with van der Waals surface area (Å²) in [5.41, 5.74) is 3.91. The standard InChI is InChI=1S/C21H25N5O2/c1-14-11-16(5-7-22-14)18-3-4-19-20(23-18)26(17-6-8-24(19)13-17)21(27)25-9-10-28-15(2)12-25/h3-5,7,11,15,17H,6,8-10,12-13H2,1-2H3/t15-,17?/m0/s1. The second-order valence-corrected chi connectivity index (χ2v) is 7.89. The molecule has 7 heteroatoms. The van der Waals surface area contributed by atoms with Crippen molar-refractivity contribution in [3.8, 4) is 11.3 Å². The molecule has 2 saturated heterocycles. The first-order valence-corrected chi connectivity index (χ1v) is 9.99. The average Bonchev–Trinajstić information content (AvgIpc) is 3.12. The number of hydrogen-bond donors (Lipinski definition) is 0. The number of nitrogens with zero attached hydrogens (tertiary/aromatic N) is 5. The predicted octanol–water partition coefficient (Wildman–Crippen LogP) is 2.69. The van der Waals surface area contributed by atoms with E-state index in [4.69, 9.17) is 9.72 Å². The molecule has 3 aliphatic rings. The van der Waals surface area contributed by atoms with Crippen molar-refractivity contribution in [2.45, 2.75) is 32.4 Å². The van der Waals surface area contributed by atoms with Crippen LogP contribution in [0.5, 0.6) is 0 Å². The number of amides is 2. The van der Waals surface area contributed by atoms with E-state index in [1.54, 1.807) is 6.20 Å². The van der Waals surface area contributed by atoms with E-state index in [0.29, 0.717) is 19.7 Å². The Morgan fingerprint density at radius 3 is 2.93 bits per heavy atom. The van der Waals surface area contributed by atoms with Crippen molar-refractivity contribution in [1.29, 1.82) is 0 Å². The highest BCUT2D eigenvalue weighted by molar-refractivity contribution is 5.97. The highest BCUT2D eigenvalue weighted by atomic mass is 16.5. The lowest BCUT2D eigenvalue weighted by Crippen LogP contribution is -2.55. The minimum Gasteiger partial charge on any atom is -0.375 e. The first-order valence-electron chi connectivity index (χ1n) is 9.99. The van der Waals surface area contributed by atoms with Crippen molar-refractivity contribution in [3.63, 3.8) is 0 Å². The monoisotopic (exact) mass is 379 g/mol. The van der Waals surface area contributed by atoms with E-state index < -0.39 is 0 Å². The second kappa shape index (κ2) is 6.74. The van der Waals surface area contributed by atoms with Gasteiger partial charge in [0.1, 0.15) is 0 Å². The largest absolute Gasteiger partial charge is 0.375 e. The number of hydrogen-bond acceptors (Lipinski definition) is 5. The zero-order chi connectivity index (χ0) is 19.3. The lowest BCUT2D eigenvalue weighted by Gasteiger charge is -2.40. The molecule has 2 bridgehead atoms. The Bertz CT molecular complexity index is 917. The molecule has 2 fully saturated rings. The zero-order valence-corrected chi connectivity index (χ0v) is 16.3. The molecule has 7 nitrogen and oxygen atoms in total. The number of urea groups is 1. The molecule has 2 amide bonds. The maximum atomic E-state index is 13.5. The number of aryl methyl sites for hydroxylation is 1. The molecule has 5 heterocycles. The lowest BCUT2D eigenvalue weighted by molar-refractivity contribution is -0.00265. The molecule has 0 N–H and O–H groups in total. The highest BCUT2D eigenvalue weighted by Crippen LogP contribution is 2.40. The predicted molar refractivity (Wildman–Crippen MR) is 108 cm³/mol. The first kappa shape index (κ1) is 17.4. The number of fused-ring (bicyclic) bond motifs is 4. The van der Waals surface area contributed by atoms with Crippen LogP contribution in [0.1, 0.15) is 19.0 Å². The molecule has 2 aromatic rings. The number of anilines is 2. The van der Waals surface area contributed by atoms with Gasteiger partial charge in [-0.2, -0.15) is 0 Å². The Morgan fingerprint density at radius 2 is 2.11 bits per heavy atom. The van der Waals surface area contributed by atoms with Crippen LogP contribution in [-0.2, 0) is 4.74 Å². The summed E-state index contributed by atoms with van der Waals surface area (Å²) in [6, 6.07) is 8.39. The smallest absolute Gasteiger partial charge is 0.326 e. The highest BCUT2D eigenvalue weighted by Gasteiger charge is 2.42. The summed E-state index contributed by atoms with van der Waals surface area (Å²) in [5.74, 6) is 0.782. The topological polar surface area (TPSA) is 61.8 Å². The molecule has 3 aliphatic heterocycles. The van der Waals surface area contributed by atoms with Gasteiger partial charge in [-0.1, -0.05) is 0 Å². The van der Waals surface area contributed by atoms with Gasteiger partial charge in [0.25, 0.3) is 0 Å². The van der Waals surface area contributed by atoms with Crippen LogP contribution < -0.4 is 9.80 Å². The Balaban J connectivity index is 1.55. The van der Waals surface area contributed by atoms with Gasteiger partial charge in [0.2, 0.25) is 0 Å². The van der Waals surface area contributed by atoms with Crippen LogP contribution >= 0.6 is 0 Å². The lowest BCUT2D eigenvalue weighted by atomic mass is 10.1. The van der Waals surface area contributed by atoms with E-state index >= 15 is 0 Å². The number of carbonyl (C=O) groups excluding carboxylic acids is 1. The van der Waals surface area contributed by atoms with Gasteiger partial charge >= 0.3 is 6.03 Å². The van der Waals surface area contributed by atoms with E-state index in [0.717, 1.165) is 48.0 Å². The number of pyridine rings is 2. The Hall–Kier alpha value is -2.67. The van der Waals surface area contributed by atoms with Gasteiger partial charge in [-0.25, -0.2) is 9.78 Å². The van der Waals surface area contributed by atoms with Gasteiger partial charge in [-0.05, 0) is 44.5 Å². The number of morpholine rings is 1.